The van der Waals surface area contributed by atoms with Crippen LogP contribution in [0, 0.1) is 25.7 Å². The van der Waals surface area contributed by atoms with E-state index in [1.54, 1.807) is 13.8 Å². The molecule has 2 aliphatic rings. The van der Waals surface area contributed by atoms with Crippen molar-refractivity contribution in [1.82, 2.24) is 9.78 Å². The van der Waals surface area contributed by atoms with Crippen molar-refractivity contribution in [3.05, 3.63) is 15.9 Å². The van der Waals surface area contributed by atoms with Crippen LogP contribution in [0.3, 0.4) is 0 Å². The van der Waals surface area contributed by atoms with E-state index in [1.807, 2.05) is 0 Å². The zero-order valence-corrected chi connectivity index (χ0v) is 12.8. The van der Waals surface area contributed by atoms with Crippen molar-refractivity contribution in [2.24, 2.45) is 11.8 Å². The summed E-state index contributed by atoms with van der Waals surface area (Å²) in [4.78, 5) is 24.1. The summed E-state index contributed by atoms with van der Waals surface area (Å²) in [6.07, 6.45) is 0.820. The van der Waals surface area contributed by atoms with E-state index in [0.717, 1.165) is 10.9 Å². The number of fused-ring (bicyclic) bond motifs is 2. The number of nitrogens with zero attached hydrogens (tertiary/aromatic N) is 2. The number of carbonyl (C=O) groups excluding carboxylic acids is 1. The minimum atomic E-state index is -0.962. The fourth-order valence-electron chi connectivity index (χ4n) is 3.28. The van der Waals surface area contributed by atoms with E-state index in [1.165, 1.54) is 4.68 Å². The Morgan fingerprint density at radius 2 is 1.90 bits per heavy atom. The Hall–Kier alpha value is -1.21. The number of aliphatic carboxylic acids is 1. The van der Waals surface area contributed by atoms with Crippen molar-refractivity contribution in [3.8, 4) is 0 Å². The van der Waals surface area contributed by atoms with E-state index in [4.69, 9.17) is 4.74 Å². The van der Waals surface area contributed by atoms with Crippen LogP contribution in [0.4, 0.5) is 0 Å². The summed E-state index contributed by atoms with van der Waals surface area (Å²) in [6, 6.07) is 0. The van der Waals surface area contributed by atoms with Crippen LogP contribution in [0.25, 0.3) is 0 Å². The Labute approximate surface area is 124 Å². The number of ether oxygens (including phenoxy) is 1. The lowest BCUT2D eigenvalue weighted by Crippen LogP contribution is -2.41. The van der Waals surface area contributed by atoms with Crippen LogP contribution in [0.2, 0.25) is 0 Å². The smallest absolute Gasteiger partial charge is 0.310 e. The van der Waals surface area contributed by atoms with Crippen molar-refractivity contribution >= 4 is 27.8 Å². The molecule has 3 rings (SSSR count). The highest BCUT2D eigenvalue weighted by molar-refractivity contribution is 9.10. The molecule has 2 bridgehead atoms. The number of hydrogen-bond donors (Lipinski definition) is 1. The van der Waals surface area contributed by atoms with Crippen LogP contribution in [0.15, 0.2) is 4.47 Å². The van der Waals surface area contributed by atoms with Gasteiger partial charge >= 0.3 is 5.97 Å². The van der Waals surface area contributed by atoms with Crippen molar-refractivity contribution in [1.29, 1.82) is 0 Å². The molecule has 4 atom stereocenters. The lowest BCUT2D eigenvalue weighted by molar-refractivity contribution is -0.144. The number of aryl methyl sites for hydroxylation is 1. The van der Waals surface area contributed by atoms with Gasteiger partial charge in [0, 0.05) is 0 Å². The summed E-state index contributed by atoms with van der Waals surface area (Å²) in [5.74, 6) is -2.65. The van der Waals surface area contributed by atoms with Crippen molar-refractivity contribution in [2.45, 2.75) is 38.9 Å². The van der Waals surface area contributed by atoms with Crippen LogP contribution in [-0.4, -0.2) is 39.0 Å². The zero-order valence-electron chi connectivity index (χ0n) is 11.2. The molecule has 0 aliphatic carbocycles. The highest BCUT2D eigenvalue weighted by atomic mass is 79.9. The number of carboxylic acids is 1. The summed E-state index contributed by atoms with van der Waals surface area (Å²) >= 11 is 3.38. The molecule has 108 valence electrons. The molecular formula is C13H15BrN2O4. The lowest BCUT2D eigenvalue weighted by Gasteiger charge is -2.23. The molecule has 0 spiro atoms. The highest BCUT2D eigenvalue weighted by Gasteiger charge is 2.56. The number of carboxylic acid groups (broad SMARTS) is 1. The van der Waals surface area contributed by atoms with Crippen LogP contribution in [0.5, 0.6) is 0 Å². The molecule has 1 aromatic rings. The fraction of sp³-hybridized carbons (Fsp3) is 0.615. The molecule has 0 radical (unpaired) electrons. The van der Waals surface area contributed by atoms with Crippen LogP contribution in [-0.2, 0) is 9.53 Å². The first-order chi connectivity index (χ1) is 9.41. The third kappa shape index (κ3) is 1.83. The van der Waals surface area contributed by atoms with Gasteiger partial charge in [-0.05, 0) is 42.6 Å². The summed E-state index contributed by atoms with van der Waals surface area (Å²) < 4.78 is 7.71. The van der Waals surface area contributed by atoms with Gasteiger partial charge in [0.05, 0.1) is 39.9 Å². The maximum Gasteiger partial charge on any atom is 0.310 e. The predicted octanol–water partition coefficient (Wildman–Crippen LogP) is 1.78. The fourth-order valence-corrected chi connectivity index (χ4v) is 3.53. The van der Waals surface area contributed by atoms with Crippen molar-refractivity contribution in [3.63, 3.8) is 0 Å². The summed E-state index contributed by atoms with van der Waals surface area (Å²) in [5, 5.41) is 13.6. The van der Waals surface area contributed by atoms with Crippen LogP contribution < -0.4 is 0 Å². The molecule has 0 aromatic carbocycles. The monoisotopic (exact) mass is 342 g/mol. The van der Waals surface area contributed by atoms with Gasteiger partial charge in [-0.2, -0.15) is 5.10 Å². The summed E-state index contributed by atoms with van der Waals surface area (Å²) in [5.41, 5.74) is 1.41. The molecule has 6 nitrogen and oxygen atoms in total. The second-order valence-electron chi connectivity index (χ2n) is 5.41. The van der Waals surface area contributed by atoms with E-state index in [0.29, 0.717) is 17.8 Å². The normalized spacial score (nSPS) is 31.8. The molecule has 0 amide bonds. The molecule has 2 fully saturated rings. The average molecular weight is 343 g/mol. The topological polar surface area (TPSA) is 81.4 Å². The average Bonchev–Trinajstić information content (AvgIpc) is 3.07. The Kier molecular flexibility index (Phi) is 3.21. The molecule has 1 N–H and O–H groups in total. The van der Waals surface area contributed by atoms with Crippen LogP contribution in [0.1, 0.15) is 29.0 Å². The second kappa shape index (κ2) is 4.66. The van der Waals surface area contributed by atoms with Crippen molar-refractivity contribution < 1.29 is 19.4 Å². The molecule has 0 unspecified atom stereocenters. The van der Waals surface area contributed by atoms with E-state index in [9.17, 15) is 14.7 Å². The van der Waals surface area contributed by atoms with Gasteiger partial charge in [-0.1, -0.05) is 0 Å². The summed E-state index contributed by atoms with van der Waals surface area (Å²) in [6.45, 7) is 3.58. The van der Waals surface area contributed by atoms with Crippen LogP contribution >= 0.6 is 15.9 Å². The maximum absolute atomic E-state index is 12.7. The molecule has 1 aromatic heterocycles. The van der Waals surface area contributed by atoms with Gasteiger partial charge in [-0.3, -0.25) is 9.59 Å². The van der Waals surface area contributed by atoms with Gasteiger partial charge in [0.25, 0.3) is 5.91 Å². The van der Waals surface area contributed by atoms with Gasteiger partial charge in [0.15, 0.2) is 0 Å². The third-order valence-corrected chi connectivity index (χ3v) is 5.40. The Morgan fingerprint density at radius 1 is 1.30 bits per heavy atom. The molecule has 2 aliphatic heterocycles. The number of hydrogen-bond acceptors (Lipinski definition) is 4. The van der Waals surface area contributed by atoms with Crippen molar-refractivity contribution in [2.75, 3.05) is 0 Å². The molecule has 3 heterocycles. The SMILES string of the molecule is Cc1nn(C(=O)[C@H]2[C@H](C(=O)O)[C@H]3CC[C@H]2O3)c(C)c1Br. The highest BCUT2D eigenvalue weighted by Crippen LogP contribution is 2.44. The van der Waals surface area contributed by atoms with E-state index in [2.05, 4.69) is 21.0 Å². The van der Waals surface area contributed by atoms with Gasteiger partial charge in [0.1, 0.15) is 0 Å². The summed E-state index contributed by atoms with van der Waals surface area (Å²) in [7, 11) is 0. The largest absolute Gasteiger partial charge is 0.481 e. The first-order valence-corrected chi connectivity index (χ1v) is 7.35. The van der Waals surface area contributed by atoms with Gasteiger partial charge in [-0.15, -0.1) is 0 Å². The Balaban J connectivity index is 1.97. The minimum absolute atomic E-state index is 0.282. The minimum Gasteiger partial charge on any atom is -0.481 e. The number of rotatable bonds is 2. The number of halogens is 1. The maximum atomic E-state index is 12.7. The molecule has 20 heavy (non-hydrogen) atoms. The van der Waals surface area contributed by atoms with Gasteiger partial charge in [0.2, 0.25) is 0 Å². The predicted molar refractivity (Wildman–Crippen MR) is 72.5 cm³/mol. The standard InChI is InChI=1S/C13H15BrN2O4/c1-5-11(14)6(2)16(15-5)12(17)9-7-3-4-8(20-7)10(9)13(18)19/h7-10H,3-4H2,1-2H3,(H,18,19)/t7-,8-,9-,10-/m1/s1. The molecular weight excluding hydrogens is 328 g/mol. The first kappa shape index (κ1) is 13.8. The Bertz CT molecular complexity index is 597. The van der Waals surface area contributed by atoms with E-state index >= 15 is 0 Å². The van der Waals surface area contributed by atoms with Gasteiger partial charge in [-0.25, -0.2) is 4.68 Å². The molecule has 7 heteroatoms. The van der Waals surface area contributed by atoms with Gasteiger partial charge < -0.3 is 9.84 Å². The molecule has 2 saturated heterocycles. The third-order valence-electron chi connectivity index (χ3n) is 4.26. The van der Waals surface area contributed by atoms with E-state index in [-0.39, 0.29) is 18.1 Å². The lowest BCUT2D eigenvalue weighted by atomic mass is 9.79. The van der Waals surface area contributed by atoms with E-state index < -0.39 is 17.8 Å². The first-order valence-electron chi connectivity index (χ1n) is 6.56. The number of carbonyl (C=O) groups is 2. The molecule has 0 saturated carbocycles. The Morgan fingerprint density at radius 3 is 2.40 bits per heavy atom. The second-order valence-corrected chi connectivity index (χ2v) is 6.21. The zero-order chi connectivity index (χ0) is 14.6. The number of aromatic nitrogens is 2. The quantitative estimate of drug-likeness (QED) is 0.885.